The summed E-state index contributed by atoms with van der Waals surface area (Å²) in [6.07, 6.45) is 0. The SMILES string of the molecule is Cc1ccc(-c2n[nH]c(C(C)N)n2)cc1F. The van der Waals surface area contributed by atoms with E-state index in [2.05, 4.69) is 15.2 Å². The van der Waals surface area contributed by atoms with Gasteiger partial charge in [0.25, 0.3) is 0 Å². The lowest BCUT2D eigenvalue weighted by Gasteiger charge is -1.99. The number of hydrogen-bond donors (Lipinski definition) is 2. The second kappa shape index (κ2) is 4.02. The highest BCUT2D eigenvalue weighted by molar-refractivity contribution is 5.55. The average Bonchev–Trinajstić information content (AvgIpc) is 2.71. The molecule has 0 aliphatic heterocycles. The third-order valence-electron chi connectivity index (χ3n) is 2.36. The molecule has 1 unspecified atom stereocenters. The number of nitrogens with zero attached hydrogens (tertiary/aromatic N) is 2. The van der Waals surface area contributed by atoms with Gasteiger partial charge in [0.1, 0.15) is 11.6 Å². The standard InChI is InChI=1S/C11H13FN4/c1-6-3-4-8(5-9(6)12)11-14-10(7(2)13)15-16-11/h3-5,7H,13H2,1-2H3,(H,14,15,16). The van der Waals surface area contributed by atoms with Gasteiger partial charge in [0.15, 0.2) is 5.82 Å². The van der Waals surface area contributed by atoms with Crippen LogP contribution in [0.25, 0.3) is 11.4 Å². The molecular formula is C11H13FN4. The summed E-state index contributed by atoms with van der Waals surface area (Å²) < 4.78 is 13.3. The van der Waals surface area contributed by atoms with Crippen molar-refractivity contribution in [1.82, 2.24) is 15.2 Å². The van der Waals surface area contributed by atoms with Crippen LogP contribution in [0.4, 0.5) is 4.39 Å². The van der Waals surface area contributed by atoms with Crippen molar-refractivity contribution in [1.29, 1.82) is 0 Å². The Morgan fingerprint density at radius 3 is 2.75 bits per heavy atom. The maximum Gasteiger partial charge on any atom is 0.181 e. The maximum atomic E-state index is 13.3. The maximum absolute atomic E-state index is 13.3. The first kappa shape index (κ1) is 10.8. The second-order valence-corrected chi connectivity index (χ2v) is 3.80. The lowest BCUT2D eigenvalue weighted by molar-refractivity contribution is 0.619. The van der Waals surface area contributed by atoms with Crippen LogP contribution in [0.3, 0.4) is 0 Å². The van der Waals surface area contributed by atoms with Gasteiger partial charge in [-0.2, -0.15) is 5.10 Å². The lowest BCUT2D eigenvalue weighted by atomic mass is 10.1. The van der Waals surface area contributed by atoms with E-state index in [0.717, 1.165) is 0 Å². The molecule has 1 heterocycles. The van der Waals surface area contributed by atoms with Crippen molar-refractivity contribution in [2.24, 2.45) is 5.73 Å². The van der Waals surface area contributed by atoms with Crippen molar-refractivity contribution in [2.45, 2.75) is 19.9 Å². The zero-order valence-corrected chi connectivity index (χ0v) is 9.16. The normalized spacial score (nSPS) is 12.8. The topological polar surface area (TPSA) is 67.6 Å². The number of aromatic nitrogens is 3. The van der Waals surface area contributed by atoms with Crippen LogP contribution in [-0.2, 0) is 0 Å². The molecule has 3 N–H and O–H groups in total. The summed E-state index contributed by atoms with van der Waals surface area (Å²) in [5, 5.41) is 6.72. The van der Waals surface area contributed by atoms with Crippen LogP contribution >= 0.6 is 0 Å². The molecule has 0 aliphatic rings. The van der Waals surface area contributed by atoms with Crippen LogP contribution in [0.1, 0.15) is 24.4 Å². The van der Waals surface area contributed by atoms with E-state index in [-0.39, 0.29) is 11.9 Å². The third-order valence-corrected chi connectivity index (χ3v) is 2.36. The summed E-state index contributed by atoms with van der Waals surface area (Å²) in [5.74, 6) is 0.798. The fourth-order valence-corrected chi connectivity index (χ4v) is 1.34. The molecule has 1 aromatic carbocycles. The third kappa shape index (κ3) is 1.94. The van der Waals surface area contributed by atoms with Crippen molar-refractivity contribution in [3.8, 4) is 11.4 Å². The first-order valence-electron chi connectivity index (χ1n) is 5.02. The van der Waals surface area contributed by atoms with Gasteiger partial charge in [0.2, 0.25) is 0 Å². The van der Waals surface area contributed by atoms with Crippen LogP contribution in [0, 0.1) is 12.7 Å². The van der Waals surface area contributed by atoms with Gasteiger partial charge in [-0.1, -0.05) is 12.1 Å². The molecule has 0 bridgehead atoms. The van der Waals surface area contributed by atoms with Gasteiger partial charge in [0, 0.05) is 5.56 Å². The molecule has 16 heavy (non-hydrogen) atoms. The molecule has 0 spiro atoms. The van der Waals surface area contributed by atoms with Crippen LogP contribution < -0.4 is 5.73 Å². The predicted octanol–water partition coefficient (Wildman–Crippen LogP) is 1.94. The highest BCUT2D eigenvalue weighted by Crippen LogP contribution is 2.18. The first-order chi connectivity index (χ1) is 7.58. The molecule has 0 saturated carbocycles. The van der Waals surface area contributed by atoms with Gasteiger partial charge in [-0.3, -0.25) is 5.10 Å². The Morgan fingerprint density at radius 2 is 2.19 bits per heavy atom. The fourth-order valence-electron chi connectivity index (χ4n) is 1.34. The predicted molar refractivity (Wildman–Crippen MR) is 59.1 cm³/mol. The molecule has 84 valence electrons. The Morgan fingerprint density at radius 1 is 1.44 bits per heavy atom. The summed E-state index contributed by atoms with van der Waals surface area (Å²) >= 11 is 0. The molecule has 5 heteroatoms. The molecule has 1 aromatic heterocycles. The van der Waals surface area contributed by atoms with Crippen molar-refractivity contribution >= 4 is 0 Å². The van der Waals surface area contributed by atoms with Crippen molar-refractivity contribution < 1.29 is 4.39 Å². The number of nitrogens with two attached hydrogens (primary N) is 1. The van der Waals surface area contributed by atoms with Crippen molar-refractivity contribution in [3.05, 3.63) is 35.4 Å². The van der Waals surface area contributed by atoms with E-state index < -0.39 is 0 Å². The molecule has 2 rings (SSSR count). The summed E-state index contributed by atoms with van der Waals surface area (Å²) in [6, 6.07) is 4.69. The molecule has 0 aliphatic carbocycles. The van der Waals surface area contributed by atoms with E-state index in [0.29, 0.717) is 22.8 Å². The van der Waals surface area contributed by atoms with E-state index in [1.54, 1.807) is 26.0 Å². The van der Waals surface area contributed by atoms with Gasteiger partial charge >= 0.3 is 0 Å². The number of benzene rings is 1. The lowest BCUT2D eigenvalue weighted by Crippen LogP contribution is -2.06. The minimum absolute atomic E-state index is 0.212. The molecule has 0 radical (unpaired) electrons. The van der Waals surface area contributed by atoms with Gasteiger partial charge in [-0.15, -0.1) is 0 Å². The van der Waals surface area contributed by atoms with E-state index in [1.807, 2.05) is 0 Å². The van der Waals surface area contributed by atoms with Gasteiger partial charge in [-0.05, 0) is 25.5 Å². The number of hydrogen-bond acceptors (Lipinski definition) is 3. The summed E-state index contributed by atoms with van der Waals surface area (Å²) in [7, 11) is 0. The first-order valence-corrected chi connectivity index (χ1v) is 5.02. The van der Waals surface area contributed by atoms with E-state index >= 15 is 0 Å². The molecule has 0 amide bonds. The quantitative estimate of drug-likeness (QED) is 0.812. The number of H-pyrrole nitrogens is 1. The van der Waals surface area contributed by atoms with E-state index in [1.165, 1.54) is 6.07 Å². The molecule has 2 aromatic rings. The van der Waals surface area contributed by atoms with Crippen LogP contribution in [0.5, 0.6) is 0 Å². The molecule has 0 fully saturated rings. The van der Waals surface area contributed by atoms with Crippen molar-refractivity contribution in [3.63, 3.8) is 0 Å². The molecule has 4 nitrogen and oxygen atoms in total. The smallest absolute Gasteiger partial charge is 0.181 e. The Kier molecular flexibility index (Phi) is 2.70. The molecular weight excluding hydrogens is 207 g/mol. The summed E-state index contributed by atoms with van der Waals surface area (Å²) in [5.41, 5.74) is 6.90. The van der Waals surface area contributed by atoms with Gasteiger partial charge < -0.3 is 5.73 Å². The summed E-state index contributed by atoms with van der Waals surface area (Å²) in [6.45, 7) is 3.52. The van der Waals surface area contributed by atoms with E-state index in [9.17, 15) is 4.39 Å². The Bertz CT molecular complexity index is 504. The van der Waals surface area contributed by atoms with Crippen LogP contribution in [0.15, 0.2) is 18.2 Å². The Labute approximate surface area is 92.7 Å². The highest BCUT2D eigenvalue weighted by Gasteiger charge is 2.09. The number of nitrogens with one attached hydrogen (secondary N) is 1. The Hall–Kier alpha value is -1.75. The van der Waals surface area contributed by atoms with E-state index in [4.69, 9.17) is 5.73 Å². The largest absolute Gasteiger partial charge is 0.322 e. The van der Waals surface area contributed by atoms with Gasteiger partial charge in [0.05, 0.1) is 6.04 Å². The zero-order chi connectivity index (χ0) is 11.7. The number of aromatic amines is 1. The fraction of sp³-hybridized carbons (Fsp3) is 0.273. The highest BCUT2D eigenvalue weighted by atomic mass is 19.1. The average molecular weight is 220 g/mol. The molecule has 0 saturated heterocycles. The second-order valence-electron chi connectivity index (χ2n) is 3.80. The van der Waals surface area contributed by atoms with Crippen LogP contribution in [0.2, 0.25) is 0 Å². The van der Waals surface area contributed by atoms with Gasteiger partial charge in [-0.25, -0.2) is 9.37 Å². The summed E-state index contributed by atoms with van der Waals surface area (Å²) in [4.78, 5) is 4.19. The minimum atomic E-state index is -0.260. The van der Waals surface area contributed by atoms with Crippen molar-refractivity contribution in [2.75, 3.05) is 0 Å². The number of halogens is 1. The monoisotopic (exact) mass is 220 g/mol. The number of aryl methyl sites for hydroxylation is 1. The minimum Gasteiger partial charge on any atom is -0.322 e. The zero-order valence-electron chi connectivity index (χ0n) is 9.16. The van der Waals surface area contributed by atoms with Crippen LogP contribution in [-0.4, -0.2) is 15.2 Å². The number of rotatable bonds is 2. The molecule has 1 atom stereocenters. The Balaban J connectivity index is 2.39.